The van der Waals surface area contributed by atoms with Crippen molar-refractivity contribution in [3.8, 4) is 0 Å². The minimum absolute atomic E-state index is 0.00877. The molecule has 7 heteroatoms. The van der Waals surface area contributed by atoms with Crippen LogP contribution in [0.15, 0.2) is 0 Å². The largest absolute Gasteiger partial charge is 0.465 e. The molecule has 3 atom stereocenters. The van der Waals surface area contributed by atoms with Gasteiger partial charge >= 0.3 is 5.97 Å². The molecule has 1 aliphatic carbocycles. The van der Waals surface area contributed by atoms with Gasteiger partial charge in [-0.15, -0.1) is 0 Å². The number of sulfonamides is 1. The van der Waals surface area contributed by atoms with Crippen LogP contribution in [0.4, 0.5) is 0 Å². The highest BCUT2D eigenvalue weighted by molar-refractivity contribution is 7.89. The molecular formula is C13H23NO5S. The van der Waals surface area contributed by atoms with Gasteiger partial charge in [0.1, 0.15) is 0 Å². The number of ether oxygens (including phenoxy) is 1. The lowest BCUT2D eigenvalue weighted by Gasteiger charge is -2.30. The van der Waals surface area contributed by atoms with Crippen molar-refractivity contribution in [2.24, 2.45) is 5.92 Å². The summed E-state index contributed by atoms with van der Waals surface area (Å²) in [6.07, 6.45) is 3.68. The van der Waals surface area contributed by atoms with Gasteiger partial charge in [-0.3, -0.25) is 4.79 Å². The Hall–Kier alpha value is -0.660. The Morgan fingerprint density at radius 1 is 1.30 bits per heavy atom. The maximum atomic E-state index is 12.3. The molecular weight excluding hydrogens is 282 g/mol. The van der Waals surface area contributed by atoms with Crippen LogP contribution in [0, 0.1) is 5.92 Å². The lowest BCUT2D eigenvalue weighted by atomic mass is 9.95. The number of aliphatic hydroxyl groups is 1. The topological polar surface area (TPSA) is 83.9 Å². The molecule has 0 radical (unpaired) electrons. The second-order valence-corrected chi connectivity index (χ2v) is 7.47. The van der Waals surface area contributed by atoms with Crippen LogP contribution in [0.5, 0.6) is 0 Å². The fourth-order valence-corrected chi connectivity index (χ4v) is 5.02. The number of rotatable bonds is 5. The van der Waals surface area contributed by atoms with Crippen molar-refractivity contribution in [3.05, 3.63) is 0 Å². The molecule has 20 heavy (non-hydrogen) atoms. The molecule has 1 N–H and O–H groups in total. The van der Waals surface area contributed by atoms with Crippen molar-refractivity contribution in [1.82, 2.24) is 4.31 Å². The van der Waals surface area contributed by atoms with Crippen LogP contribution < -0.4 is 0 Å². The fraction of sp³-hybridized carbons (Fsp3) is 0.923. The summed E-state index contributed by atoms with van der Waals surface area (Å²) in [5.74, 6) is -1.29. The van der Waals surface area contributed by atoms with Crippen molar-refractivity contribution in [2.75, 3.05) is 18.9 Å². The number of esters is 1. The predicted molar refractivity (Wildman–Crippen MR) is 73.5 cm³/mol. The number of carbonyl (C=O) groups is 1. The first-order chi connectivity index (χ1) is 9.45. The Kier molecular flexibility index (Phi) is 5.04. The molecule has 0 aromatic rings. The highest BCUT2D eigenvalue weighted by atomic mass is 32.2. The summed E-state index contributed by atoms with van der Waals surface area (Å²) in [5.41, 5.74) is 0. The lowest BCUT2D eigenvalue weighted by molar-refractivity contribution is -0.140. The van der Waals surface area contributed by atoms with Crippen LogP contribution >= 0.6 is 0 Å². The molecule has 0 bridgehead atoms. The maximum Gasteiger partial charge on any atom is 0.322 e. The van der Waals surface area contributed by atoms with E-state index in [2.05, 4.69) is 0 Å². The molecule has 116 valence electrons. The SMILES string of the molecule is CCOC(=O)CS(=O)(=O)N1CCCC1C1CCCC1O. The van der Waals surface area contributed by atoms with Crippen molar-refractivity contribution in [1.29, 1.82) is 0 Å². The van der Waals surface area contributed by atoms with Gasteiger partial charge in [0.05, 0.1) is 12.7 Å². The predicted octanol–water partition coefficient (Wildman–Crippen LogP) is 0.505. The number of hydrogen-bond donors (Lipinski definition) is 1. The van der Waals surface area contributed by atoms with Gasteiger partial charge in [0.15, 0.2) is 5.75 Å². The Morgan fingerprint density at radius 2 is 2.05 bits per heavy atom. The first-order valence-electron chi connectivity index (χ1n) is 7.29. The molecule has 6 nitrogen and oxygen atoms in total. The number of nitrogens with zero attached hydrogens (tertiary/aromatic N) is 1. The average molecular weight is 305 g/mol. The van der Waals surface area contributed by atoms with E-state index in [-0.39, 0.29) is 18.6 Å². The summed E-state index contributed by atoms with van der Waals surface area (Å²) in [6, 6.07) is -0.160. The van der Waals surface area contributed by atoms with Gasteiger partial charge in [0, 0.05) is 18.5 Å². The highest BCUT2D eigenvalue weighted by Crippen LogP contribution is 2.37. The number of aliphatic hydroxyl groups excluding tert-OH is 1. The van der Waals surface area contributed by atoms with Gasteiger partial charge in [-0.2, -0.15) is 4.31 Å². The summed E-state index contributed by atoms with van der Waals surface area (Å²) in [4.78, 5) is 11.4. The van der Waals surface area contributed by atoms with Gasteiger partial charge in [0.2, 0.25) is 10.0 Å². The van der Waals surface area contributed by atoms with Crippen LogP contribution in [-0.4, -0.2) is 54.8 Å². The molecule has 0 amide bonds. The Bertz CT molecular complexity index is 450. The Morgan fingerprint density at radius 3 is 2.65 bits per heavy atom. The van der Waals surface area contributed by atoms with E-state index >= 15 is 0 Å². The van der Waals surface area contributed by atoms with E-state index in [4.69, 9.17) is 4.74 Å². The first kappa shape index (κ1) is 15.7. The summed E-state index contributed by atoms with van der Waals surface area (Å²) in [7, 11) is -3.64. The molecule has 2 aliphatic rings. The van der Waals surface area contributed by atoms with E-state index in [0.29, 0.717) is 6.54 Å². The van der Waals surface area contributed by atoms with E-state index in [0.717, 1.165) is 32.1 Å². The molecule has 1 saturated heterocycles. The molecule has 0 aromatic carbocycles. The third-order valence-corrected chi connectivity index (χ3v) is 6.01. The standard InChI is InChI=1S/C13H23NO5S/c1-2-19-13(16)9-20(17,18)14-8-4-6-11(14)10-5-3-7-12(10)15/h10-12,15H,2-9H2,1H3. The van der Waals surface area contributed by atoms with E-state index in [1.54, 1.807) is 6.92 Å². The van der Waals surface area contributed by atoms with Gasteiger partial charge in [0.25, 0.3) is 0 Å². The fourth-order valence-electron chi connectivity index (χ4n) is 3.39. The van der Waals surface area contributed by atoms with Crippen molar-refractivity contribution >= 4 is 16.0 Å². The summed E-state index contributed by atoms with van der Waals surface area (Å²) in [6.45, 7) is 2.27. The third-order valence-electron chi connectivity index (χ3n) is 4.24. The monoisotopic (exact) mass is 305 g/mol. The van der Waals surface area contributed by atoms with Crippen LogP contribution in [-0.2, 0) is 19.6 Å². The molecule has 0 spiro atoms. The van der Waals surface area contributed by atoms with Crippen LogP contribution in [0.1, 0.15) is 39.0 Å². The first-order valence-corrected chi connectivity index (χ1v) is 8.90. The average Bonchev–Trinajstić information content (AvgIpc) is 2.96. The zero-order chi connectivity index (χ0) is 14.8. The molecule has 1 aliphatic heterocycles. The molecule has 2 rings (SSSR count). The van der Waals surface area contributed by atoms with Crippen LogP contribution in [0.2, 0.25) is 0 Å². The zero-order valence-corrected chi connectivity index (χ0v) is 12.6. The van der Waals surface area contributed by atoms with Gasteiger partial charge in [-0.25, -0.2) is 8.42 Å². The quantitative estimate of drug-likeness (QED) is 0.748. The van der Waals surface area contributed by atoms with Gasteiger partial charge in [-0.1, -0.05) is 6.42 Å². The molecule has 3 unspecified atom stereocenters. The highest BCUT2D eigenvalue weighted by Gasteiger charge is 2.43. The lowest BCUT2D eigenvalue weighted by Crippen LogP contribution is -2.44. The van der Waals surface area contributed by atoms with Crippen LogP contribution in [0.3, 0.4) is 0 Å². The van der Waals surface area contributed by atoms with E-state index < -0.39 is 27.8 Å². The van der Waals surface area contributed by atoms with Crippen molar-refractivity contribution < 1.29 is 23.1 Å². The third kappa shape index (κ3) is 3.32. The maximum absolute atomic E-state index is 12.3. The van der Waals surface area contributed by atoms with E-state index in [1.807, 2.05) is 0 Å². The normalized spacial score (nSPS) is 31.6. The van der Waals surface area contributed by atoms with Gasteiger partial charge < -0.3 is 9.84 Å². The van der Waals surface area contributed by atoms with Crippen molar-refractivity contribution in [3.63, 3.8) is 0 Å². The summed E-state index contributed by atoms with van der Waals surface area (Å²) < 4.78 is 30.8. The minimum atomic E-state index is -3.64. The zero-order valence-electron chi connectivity index (χ0n) is 11.8. The Labute approximate surface area is 120 Å². The summed E-state index contributed by atoms with van der Waals surface area (Å²) in [5, 5.41) is 9.99. The van der Waals surface area contributed by atoms with E-state index in [1.165, 1.54) is 4.31 Å². The minimum Gasteiger partial charge on any atom is -0.465 e. The second kappa shape index (κ2) is 6.41. The Balaban J connectivity index is 2.07. The summed E-state index contributed by atoms with van der Waals surface area (Å²) >= 11 is 0. The molecule has 1 heterocycles. The smallest absolute Gasteiger partial charge is 0.322 e. The van der Waals surface area contributed by atoms with Crippen LogP contribution in [0.25, 0.3) is 0 Å². The van der Waals surface area contributed by atoms with Crippen molar-refractivity contribution in [2.45, 2.75) is 51.2 Å². The molecule has 0 aromatic heterocycles. The number of hydrogen-bond acceptors (Lipinski definition) is 5. The second-order valence-electron chi connectivity index (χ2n) is 5.54. The number of carbonyl (C=O) groups excluding carboxylic acids is 1. The molecule has 2 fully saturated rings. The van der Waals surface area contributed by atoms with Gasteiger partial charge in [-0.05, 0) is 32.6 Å². The molecule has 1 saturated carbocycles. The van der Waals surface area contributed by atoms with E-state index in [9.17, 15) is 18.3 Å².